The summed E-state index contributed by atoms with van der Waals surface area (Å²) in [6, 6.07) is 18.9. The van der Waals surface area contributed by atoms with Crippen LogP contribution in [-0.4, -0.2) is 36.1 Å². The first-order valence-corrected chi connectivity index (χ1v) is 12.5. The molecule has 8 nitrogen and oxygen atoms in total. The third-order valence-electron chi connectivity index (χ3n) is 6.88. The second kappa shape index (κ2) is 10.9. The Morgan fingerprint density at radius 1 is 0.718 bits per heavy atom. The van der Waals surface area contributed by atoms with E-state index in [4.69, 9.17) is 9.47 Å². The molecule has 0 radical (unpaired) electrons. The van der Waals surface area contributed by atoms with Gasteiger partial charge in [0.25, 0.3) is 0 Å². The predicted molar refractivity (Wildman–Crippen MR) is 141 cm³/mol. The molecule has 5 rings (SSSR count). The minimum atomic E-state index is -0.713. The number of ether oxygens (including phenoxy) is 2. The molecule has 1 heterocycles. The minimum absolute atomic E-state index is 0.183. The summed E-state index contributed by atoms with van der Waals surface area (Å²) in [5.41, 5.74) is 2.31. The van der Waals surface area contributed by atoms with Gasteiger partial charge in [-0.15, -0.1) is 0 Å². The van der Waals surface area contributed by atoms with Crippen molar-refractivity contribution < 1.29 is 33.4 Å². The van der Waals surface area contributed by atoms with Crippen molar-refractivity contribution >= 4 is 35.2 Å². The molecule has 1 fully saturated rings. The summed E-state index contributed by atoms with van der Waals surface area (Å²) >= 11 is 0. The first-order chi connectivity index (χ1) is 18.8. The monoisotopic (exact) mass is 523 g/mol. The van der Waals surface area contributed by atoms with E-state index in [1.165, 1.54) is 53.4 Å². The van der Waals surface area contributed by atoms with Gasteiger partial charge in [0.1, 0.15) is 5.75 Å². The van der Waals surface area contributed by atoms with E-state index < -0.39 is 24.3 Å². The van der Waals surface area contributed by atoms with Crippen LogP contribution in [0.1, 0.15) is 49.5 Å². The summed E-state index contributed by atoms with van der Waals surface area (Å²) in [7, 11) is 0. The van der Waals surface area contributed by atoms with Crippen LogP contribution in [0.3, 0.4) is 0 Å². The number of imide groups is 1. The molecule has 0 N–H and O–H groups in total. The van der Waals surface area contributed by atoms with Gasteiger partial charge in [-0.1, -0.05) is 29.8 Å². The Bertz CT molecular complexity index is 1440. The maximum Gasteiger partial charge on any atom is 0.343 e. The minimum Gasteiger partial charge on any atom is -0.454 e. The number of hydrogen-bond donors (Lipinski definition) is 0. The number of carbonyl (C=O) groups is 5. The lowest BCUT2D eigenvalue weighted by atomic mass is 9.85. The molecule has 1 saturated heterocycles. The van der Waals surface area contributed by atoms with E-state index in [0.29, 0.717) is 24.1 Å². The van der Waals surface area contributed by atoms with Gasteiger partial charge in [0.2, 0.25) is 11.8 Å². The lowest BCUT2D eigenvalue weighted by molar-refractivity contribution is -0.122. The maximum absolute atomic E-state index is 12.7. The summed E-state index contributed by atoms with van der Waals surface area (Å²) in [4.78, 5) is 63.9. The van der Waals surface area contributed by atoms with Crippen LogP contribution in [0.25, 0.3) is 0 Å². The van der Waals surface area contributed by atoms with Crippen LogP contribution >= 0.6 is 0 Å². The third kappa shape index (κ3) is 5.40. The van der Waals surface area contributed by atoms with Crippen molar-refractivity contribution in [3.8, 4) is 5.75 Å². The van der Waals surface area contributed by atoms with Crippen LogP contribution < -0.4 is 9.64 Å². The Morgan fingerprint density at radius 2 is 1.23 bits per heavy atom. The Kier molecular flexibility index (Phi) is 7.19. The molecule has 2 unspecified atom stereocenters. The van der Waals surface area contributed by atoms with Crippen LogP contribution in [0.2, 0.25) is 0 Å². The van der Waals surface area contributed by atoms with E-state index in [0.717, 1.165) is 5.56 Å². The third-order valence-corrected chi connectivity index (χ3v) is 6.88. The van der Waals surface area contributed by atoms with Crippen LogP contribution in [-0.2, 0) is 14.3 Å². The summed E-state index contributed by atoms with van der Waals surface area (Å²) in [6.07, 6.45) is 4.94. The van der Waals surface area contributed by atoms with E-state index >= 15 is 0 Å². The van der Waals surface area contributed by atoms with Gasteiger partial charge in [0.15, 0.2) is 12.4 Å². The van der Waals surface area contributed by atoms with Crippen LogP contribution in [0, 0.1) is 18.8 Å². The molecular weight excluding hydrogens is 498 g/mol. The zero-order valence-electron chi connectivity index (χ0n) is 21.2. The average molecular weight is 524 g/mol. The van der Waals surface area contributed by atoms with Crippen LogP contribution in [0.15, 0.2) is 84.9 Å². The lowest BCUT2D eigenvalue weighted by Gasteiger charge is -2.15. The lowest BCUT2D eigenvalue weighted by Crippen LogP contribution is -2.30. The fraction of sp³-hybridized carbons (Fsp3) is 0.194. The van der Waals surface area contributed by atoms with Crippen LogP contribution in [0.5, 0.6) is 5.75 Å². The Hall–Kier alpha value is -4.85. The number of nitrogens with zero attached hydrogens (tertiary/aromatic N) is 1. The van der Waals surface area contributed by atoms with Crippen molar-refractivity contribution in [2.24, 2.45) is 11.8 Å². The quantitative estimate of drug-likeness (QED) is 0.145. The molecule has 8 heteroatoms. The smallest absolute Gasteiger partial charge is 0.343 e. The molecule has 39 heavy (non-hydrogen) atoms. The normalized spacial score (nSPS) is 18.0. The van der Waals surface area contributed by atoms with Crippen LogP contribution in [0.4, 0.5) is 5.69 Å². The number of anilines is 1. The molecular formula is C31H25NO7. The number of fused-ring (bicyclic) bond motifs is 1. The fourth-order valence-corrected chi connectivity index (χ4v) is 4.66. The van der Waals surface area contributed by atoms with E-state index in [9.17, 15) is 24.0 Å². The van der Waals surface area contributed by atoms with Gasteiger partial charge in [-0.2, -0.15) is 0 Å². The van der Waals surface area contributed by atoms with Gasteiger partial charge in [0.05, 0.1) is 28.7 Å². The van der Waals surface area contributed by atoms with Crippen molar-refractivity contribution in [1.29, 1.82) is 0 Å². The van der Waals surface area contributed by atoms with Crippen molar-refractivity contribution in [2.75, 3.05) is 11.5 Å². The topological polar surface area (TPSA) is 107 Å². The molecule has 196 valence electrons. The predicted octanol–water partition coefficient (Wildman–Crippen LogP) is 4.71. The highest BCUT2D eigenvalue weighted by molar-refractivity contribution is 6.22. The zero-order valence-corrected chi connectivity index (χ0v) is 21.2. The molecule has 2 amide bonds. The number of Topliss-reactive ketones (excluding diaryl/α,β-unsaturated/α-hetero) is 1. The number of carbonyl (C=O) groups excluding carboxylic acids is 5. The summed E-state index contributed by atoms with van der Waals surface area (Å²) in [6.45, 7) is 1.44. The highest BCUT2D eigenvalue weighted by atomic mass is 16.5. The maximum atomic E-state index is 12.7. The van der Waals surface area contributed by atoms with Gasteiger partial charge in [-0.05, 0) is 80.4 Å². The Morgan fingerprint density at radius 3 is 1.82 bits per heavy atom. The average Bonchev–Trinajstić information content (AvgIpc) is 3.22. The van der Waals surface area contributed by atoms with Crippen molar-refractivity contribution in [2.45, 2.75) is 19.8 Å². The summed E-state index contributed by atoms with van der Waals surface area (Å²) in [5.74, 6) is -2.52. The standard InChI is InChI=1S/C31H25NO7/c1-19-6-8-22(9-7-19)31(37)39-24-16-12-20(13-17-24)27(33)18-38-30(36)21-10-14-23(15-11-21)32-28(34)25-4-2-3-5-26(25)29(32)35/h2-3,6-17,25-26H,4-5,18H2,1H3. The number of ketones is 1. The van der Waals surface area contributed by atoms with E-state index in [-0.39, 0.29) is 40.5 Å². The number of benzene rings is 3. The van der Waals surface area contributed by atoms with Gasteiger partial charge >= 0.3 is 11.9 Å². The number of allylic oxidation sites excluding steroid dienone is 2. The second-order valence-corrected chi connectivity index (χ2v) is 9.49. The summed E-state index contributed by atoms with van der Waals surface area (Å²) < 4.78 is 10.5. The number of hydrogen-bond acceptors (Lipinski definition) is 7. The van der Waals surface area contributed by atoms with E-state index in [2.05, 4.69) is 0 Å². The molecule has 3 aromatic carbocycles. The highest BCUT2D eigenvalue weighted by Gasteiger charge is 2.47. The van der Waals surface area contributed by atoms with Gasteiger partial charge < -0.3 is 9.47 Å². The largest absolute Gasteiger partial charge is 0.454 e. The van der Waals surface area contributed by atoms with Crippen molar-refractivity contribution in [1.82, 2.24) is 0 Å². The number of rotatable bonds is 7. The molecule has 0 bridgehead atoms. The molecule has 3 aromatic rings. The van der Waals surface area contributed by atoms with E-state index in [1.54, 1.807) is 12.1 Å². The molecule has 1 aliphatic heterocycles. The Labute approximate surface area is 224 Å². The molecule has 0 aromatic heterocycles. The van der Waals surface area contributed by atoms with Gasteiger partial charge in [0, 0.05) is 5.56 Å². The zero-order chi connectivity index (χ0) is 27.5. The SMILES string of the molecule is Cc1ccc(C(=O)Oc2ccc(C(=O)COC(=O)c3ccc(N4C(=O)C5CC=CCC5C4=O)cc3)cc2)cc1. The summed E-state index contributed by atoms with van der Waals surface area (Å²) in [5, 5.41) is 0. The molecule has 0 spiro atoms. The van der Waals surface area contributed by atoms with Crippen molar-refractivity contribution in [3.63, 3.8) is 0 Å². The first-order valence-electron chi connectivity index (χ1n) is 12.5. The fourth-order valence-electron chi connectivity index (χ4n) is 4.66. The molecule has 1 aliphatic carbocycles. The molecule has 2 atom stereocenters. The molecule has 2 aliphatic rings. The van der Waals surface area contributed by atoms with E-state index in [1.807, 2.05) is 31.2 Å². The second-order valence-electron chi connectivity index (χ2n) is 9.49. The van der Waals surface area contributed by atoms with Crippen molar-refractivity contribution in [3.05, 3.63) is 107 Å². The van der Waals surface area contributed by atoms with Gasteiger partial charge in [-0.25, -0.2) is 9.59 Å². The number of amides is 2. The first kappa shape index (κ1) is 25.8. The number of esters is 2. The Balaban J connectivity index is 1.15. The number of aryl methyl sites for hydroxylation is 1. The van der Waals surface area contributed by atoms with Gasteiger partial charge in [-0.3, -0.25) is 19.3 Å². The molecule has 0 saturated carbocycles. The highest BCUT2D eigenvalue weighted by Crippen LogP contribution is 2.37.